The summed E-state index contributed by atoms with van der Waals surface area (Å²) >= 11 is 1.61. The second-order valence-corrected chi connectivity index (χ2v) is 11.9. The largest absolute Gasteiger partial charge is 0.445 e. The van der Waals surface area contributed by atoms with Crippen LogP contribution in [0.1, 0.15) is 48.0 Å². The predicted molar refractivity (Wildman–Crippen MR) is 164 cm³/mol. The van der Waals surface area contributed by atoms with Crippen LogP contribution in [0, 0.1) is 5.92 Å². The fourth-order valence-electron chi connectivity index (χ4n) is 5.28. The lowest BCUT2D eigenvalue weighted by Crippen LogP contribution is -2.42. The minimum absolute atomic E-state index is 0.0142. The fourth-order valence-corrected chi connectivity index (χ4v) is 6.19. The van der Waals surface area contributed by atoms with Crippen molar-refractivity contribution in [3.8, 4) is 0 Å². The van der Waals surface area contributed by atoms with E-state index in [1.165, 1.54) is 0 Å². The molecule has 2 saturated heterocycles. The van der Waals surface area contributed by atoms with Crippen molar-refractivity contribution in [2.75, 3.05) is 23.0 Å². The van der Waals surface area contributed by atoms with Crippen molar-refractivity contribution >= 4 is 35.4 Å². The van der Waals surface area contributed by atoms with Crippen LogP contribution in [0.3, 0.4) is 0 Å². The van der Waals surface area contributed by atoms with Crippen LogP contribution in [0.5, 0.6) is 0 Å². The van der Waals surface area contributed by atoms with Crippen molar-refractivity contribution in [2.45, 2.75) is 51.1 Å². The minimum atomic E-state index is -1.02. The lowest BCUT2D eigenvalue weighted by molar-refractivity contribution is -0.268. The van der Waals surface area contributed by atoms with Gasteiger partial charge in [0.1, 0.15) is 12.6 Å². The van der Waals surface area contributed by atoms with Gasteiger partial charge in [0, 0.05) is 23.0 Å². The van der Waals surface area contributed by atoms with Gasteiger partial charge in [-0.05, 0) is 28.8 Å². The molecule has 0 spiro atoms. The van der Waals surface area contributed by atoms with E-state index >= 15 is 0 Å². The van der Waals surface area contributed by atoms with Crippen molar-refractivity contribution in [2.24, 2.45) is 5.92 Å². The highest BCUT2D eigenvalue weighted by Crippen LogP contribution is 2.42. The number of nitrogens with one attached hydrogen (secondary N) is 1. The number of carbonyl (C=O) groups is 3. The number of thioether (sulfide) groups is 1. The quantitative estimate of drug-likeness (QED) is 0.212. The van der Waals surface area contributed by atoms with E-state index in [2.05, 4.69) is 12.2 Å². The molecule has 2 aliphatic heterocycles. The molecular weight excluding hydrogens is 584 g/mol. The maximum Gasteiger partial charge on any atom is 0.408 e. The molecule has 232 valence electrons. The van der Waals surface area contributed by atoms with Crippen molar-refractivity contribution in [1.29, 1.82) is 0 Å². The number of aliphatic hydroxyl groups is 2. The van der Waals surface area contributed by atoms with Crippen molar-refractivity contribution in [3.05, 3.63) is 101 Å². The van der Waals surface area contributed by atoms with Gasteiger partial charge in [-0.3, -0.25) is 9.59 Å². The third kappa shape index (κ3) is 7.48. The average molecular weight is 621 g/mol. The van der Waals surface area contributed by atoms with Crippen LogP contribution in [-0.2, 0) is 37.0 Å². The number of benzene rings is 3. The third-order valence-corrected chi connectivity index (χ3v) is 8.75. The standard InChI is InChI=1S/C33H36N2O8S/c1-21-28(20-44-16-15-36)42-32(43-30(21)24-9-7-22(18-37)8-10-24)25-11-13-26(14-12-25)35-29(38)17-27(31(35)39)34-33(40)41-19-23-5-3-2-4-6-23/h2-14,21,27-28,30,32,36-37H,15-20H2,1H3,(H,34,40)/t21-,27?,28+,30+,32+/m0/s1. The highest BCUT2D eigenvalue weighted by atomic mass is 32.2. The maximum absolute atomic E-state index is 13.1. The van der Waals surface area contributed by atoms with Crippen molar-refractivity contribution < 1.29 is 38.8 Å². The Kier molecular flexibility index (Phi) is 10.7. The number of aliphatic hydroxyl groups excluding tert-OH is 2. The first-order valence-electron chi connectivity index (χ1n) is 14.5. The van der Waals surface area contributed by atoms with E-state index in [1.807, 2.05) is 54.6 Å². The molecule has 5 rings (SSSR count). The van der Waals surface area contributed by atoms with E-state index in [0.717, 1.165) is 21.6 Å². The van der Waals surface area contributed by atoms with Crippen LogP contribution in [0.25, 0.3) is 0 Å². The van der Waals surface area contributed by atoms with E-state index in [4.69, 9.17) is 14.2 Å². The molecule has 0 bridgehead atoms. The lowest BCUT2D eigenvalue weighted by Gasteiger charge is -2.41. The van der Waals surface area contributed by atoms with Gasteiger partial charge in [0.05, 0.1) is 37.5 Å². The summed E-state index contributed by atoms with van der Waals surface area (Å²) in [6.45, 7) is 2.16. The SMILES string of the molecule is C[C@H]1[C@@H](CSCCO)O[C@@H](c2ccc(N3C(=O)CC(NC(=O)OCc4ccccc4)C3=O)cc2)O[C@H]1c1ccc(CO)cc1. The maximum atomic E-state index is 13.1. The first-order chi connectivity index (χ1) is 21.4. The molecule has 11 heteroatoms. The Balaban J connectivity index is 1.26. The number of rotatable bonds is 11. The van der Waals surface area contributed by atoms with E-state index in [1.54, 1.807) is 36.0 Å². The molecule has 0 aliphatic carbocycles. The Labute approximate surface area is 260 Å². The highest BCUT2D eigenvalue weighted by molar-refractivity contribution is 7.99. The molecule has 10 nitrogen and oxygen atoms in total. The van der Waals surface area contributed by atoms with Gasteiger partial charge in [-0.25, -0.2) is 9.69 Å². The van der Waals surface area contributed by atoms with Crippen molar-refractivity contribution in [3.63, 3.8) is 0 Å². The Morgan fingerprint density at radius 2 is 1.66 bits per heavy atom. The van der Waals surface area contributed by atoms with Gasteiger partial charge in [0.25, 0.3) is 5.91 Å². The molecule has 3 amide bonds. The van der Waals surface area contributed by atoms with E-state index < -0.39 is 30.2 Å². The fraction of sp³-hybridized carbons (Fsp3) is 0.364. The number of carbonyl (C=O) groups excluding carboxylic acids is 3. The van der Waals surface area contributed by atoms with Crippen LogP contribution in [0.15, 0.2) is 78.9 Å². The summed E-state index contributed by atoms with van der Waals surface area (Å²) in [7, 11) is 0. The van der Waals surface area contributed by atoms with Crippen LogP contribution in [-0.4, -0.2) is 58.4 Å². The number of hydrogen-bond acceptors (Lipinski definition) is 9. The summed E-state index contributed by atoms with van der Waals surface area (Å²) in [5.41, 5.74) is 3.67. The first-order valence-corrected chi connectivity index (χ1v) is 15.7. The summed E-state index contributed by atoms with van der Waals surface area (Å²) in [5.74, 6) is 0.318. The van der Waals surface area contributed by atoms with Gasteiger partial charge < -0.3 is 29.7 Å². The monoisotopic (exact) mass is 620 g/mol. The van der Waals surface area contributed by atoms with Crippen LogP contribution < -0.4 is 10.2 Å². The third-order valence-electron chi connectivity index (χ3n) is 7.72. The van der Waals surface area contributed by atoms with Gasteiger partial charge >= 0.3 is 6.09 Å². The Bertz CT molecular complexity index is 1420. The smallest absolute Gasteiger partial charge is 0.408 e. The van der Waals surface area contributed by atoms with Gasteiger partial charge in [-0.15, -0.1) is 0 Å². The average Bonchev–Trinajstić information content (AvgIpc) is 3.33. The minimum Gasteiger partial charge on any atom is -0.445 e. The second kappa shape index (κ2) is 14.8. The number of ether oxygens (including phenoxy) is 3. The van der Waals surface area contributed by atoms with Crippen molar-refractivity contribution in [1.82, 2.24) is 5.32 Å². The summed E-state index contributed by atoms with van der Waals surface area (Å²) in [4.78, 5) is 39.3. The van der Waals surface area contributed by atoms with Crippen LogP contribution in [0.4, 0.5) is 10.5 Å². The summed E-state index contributed by atoms with van der Waals surface area (Å²) in [6, 6.07) is 22.6. The van der Waals surface area contributed by atoms with E-state index in [9.17, 15) is 24.6 Å². The molecule has 3 N–H and O–H groups in total. The second-order valence-electron chi connectivity index (χ2n) is 10.7. The van der Waals surface area contributed by atoms with Crippen LogP contribution >= 0.6 is 11.8 Å². The zero-order chi connectivity index (χ0) is 31.1. The molecule has 3 aromatic rings. The molecule has 0 radical (unpaired) electrons. The summed E-state index contributed by atoms with van der Waals surface area (Å²) < 4.78 is 18.0. The van der Waals surface area contributed by atoms with Gasteiger partial charge in [0.2, 0.25) is 5.91 Å². The van der Waals surface area contributed by atoms with E-state index in [0.29, 0.717) is 22.8 Å². The molecule has 2 heterocycles. The highest BCUT2D eigenvalue weighted by Gasteiger charge is 2.41. The predicted octanol–water partition coefficient (Wildman–Crippen LogP) is 4.25. The van der Waals surface area contributed by atoms with E-state index in [-0.39, 0.29) is 44.4 Å². The molecule has 0 aromatic heterocycles. The molecular formula is C33H36N2O8S. The summed E-state index contributed by atoms with van der Waals surface area (Å²) in [5, 5.41) is 21.2. The van der Waals surface area contributed by atoms with Gasteiger partial charge in [-0.1, -0.05) is 73.7 Å². The molecule has 2 aliphatic rings. The molecule has 5 atom stereocenters. The molecule has 2 fully saturated rings. The number of amides is 3. The zero-order valence-corrected chi connectivity index (χ0v) is 25.2. The Morgan fingerprint density at radius 1 is 0.955 bits per heavy atom. The molecule has 44 heavy (non-hydrogen) atoms. The Morgan fingerprint density at radius 3 is 2.34 bits per heavy atom. The molecule has 1 unspecified atom stereocenters. The summed E-state index contributed by atoms with van der Waals surface area (Å²) in [6.07, 6.45) is -2.09. The van der Waals surface area contributed by atoms with Crippen LogP contribution in [0.2, 0.25) is 0 Å². The molecule has 3 aromatic carbocycles. The number of anilines is 1. The molecule has 0 saturated carbocycles. The zero-order valence-electron chi connectivity index (χ0n) is 24.3. The number of imide groups is 1. The Hall–Kier alpha value is -3.74. The topological polar surface area (TPSA) is 135 Å². The normalized spacial score (nSPS) is 23.5. The lowest BCUT2D eigenvalue weighted by atomic mass is 9.91. The van der Waals surface area contributed by atoms with Gasteiger partial charge in [0.15, 0.2) is 6.29 Å². The number of nitrogens with zero attached hydrogens (tertiary/aromatic N) is 1. The number of alkyl carbamates (subject to hydrolysis) is 1. The van der Waals surface area contributed by atoms with Gasteiger partial charge in [-0.2, -0.15) is 11.8 Å². The number of hydrogen-bond donors (Lipinski definition) is 3. The first kappa shape index (κ1) is 31.7.